The predicted octanol–water partition coefficient (Wildman–Crippen LogP) is -2.40. The van der Waals surface area contributed by atoms with Crippen LogP contribution in [0, 0.1) is 0 Å². The molecule has 92 valence electrons. The molecule has 0 atom stereocenters. The van der Waals surface area contributed by atoms with E-state index in [0.29, 0.717) is 0 Å². The molecule has 9 heteroatoms. The summed E-state index contributed by atoms with van der Waals surface area (Å²) in [5.74, 6) is 0. The van der Waals surface area contributed by atoms with E-state index in [1.807, 2.05) is 0 Å². The Morgan fingerprint density at radius 2 is 1.40 bits per heavy atom. The zero-order chi connectivity index (χ0) is 12.1. The Bertz CT molecular complexity index is 366. The second kappa shape index (κ2) is 5.75. The standard InChI is InChI=1S/C6H15NO6S2/c1-14(10,11)6-15(12,13)7(2-4-8)3-5-9/h8-9H,2-6H2,1H3. The van der Waals surface area contributed by atoms with Crippen LogP contribution in [0.4, 0.5) is 0 Å². The van der Waals surface area contributed by atoms with Gasteiger partial charge >= 0.3 is 0 Å². The molecule has 0 fully saturated rings. The summed E-state index contributed by atoms with van der Waals surface area (Å²) in [7, 11) is -7.64. The first-order valence-electron chi connectivity index (χ1n) is 4.10. The van der Waals surface area contributed by atoms with Gasteiger partial charge in [-0.3, -0.25) is 0 Å². The highest BCUT2D eigenvalue weighted by molar-refractivity contribution is 8.06. The molecule has 0 saturated carbocycles. The fourth-order valence-corrected chi connectivity index (χ4v) is 4.44. The van der Waals surface area contributed by atoms with Crippen LogP contribution in [0.15, 0.2) is 0 Å². The minimum atomic E-state index is -3.98. The number of hydrogen-bond acceptors (Lipinski definition) is 6. The predicted molar refractivity (Wildman–Crippen MR) is 54.4 cm³/mol. The number of aliphatic hydroxyl groups excluding tert-OH is 2. The topological polar surface area (TPSA) is 112 Å². The van der Waals surface area contributed by atoms with Crippen LogP contribution in [0.3, 0.4) is 0 Å². The van der Waals surface area contributed by atoms with E-state index in [1.54, 1.807) is 0 Å². The monoisotopic (exact) mass is 261 g/mol. The number of rotatable bonds is 7. The Morgan fingerprint density at radius 1 is 1.00 bits per heavy atom. The molecule has 0 aliphatic carbocycles. The van der Waals surface area contributed by atoms with E-state index in [0.717, 1.165) is 10.6 Å². The van der Waals surface area contributed by atoms with Crippen LogP contribution in [0.5, 0.6) is 0 Å². The van der Waals surface area contributed by atoms with Gasteiger partial charge in [0.15, 0.2) is 14.9 Å². The average Bonchev–Trinajstić information content (AvgIpc) is 1.99. The molecule has 0 heterocycles. The van der Waals surface area contributed by atoms with Crippen molar-refractivity contribution in [1.82, 2.24) is 4.31 Å². The third kappa shape index (κ3) is 6.05. The fourth-order valence-electron chi connectivity index (χ4n) is 0.958. The number of sulfonamides is 1. The highest BCUT2D eigenvalue weighted by Crippen LogP contribution is 2.03. The molecule has 0 bridgehead atoms. The highest BCUT2D eigenvalue weighted by atomic mass is 32.3. The minimum absolute atomic E-state index is 0.224. The molecule has 0 spiro atoms. The highest BCUT2D eigenvalue weighted by Gasteiger charge is 2.25. The molecule has 0 aliphatic rings. The van der Waals surface area contributed by atoms with Crippen molar-refractivity contribution >= 4 is 19.9 Å². The SMILES string of the molecule is CS(=O)(=O)CS(=O)(=O)N(CCO)CCO. The third-order valence-corrected chi connectivity index (χ3v) is 5.51. The lowest BCUT2D eigenvalue weighted by atomic mass is 10.6. The van der Waals surface area contributed by atoms with Gasteiger partial charge in [-0.05, 0) is 0 Å². The molecule has 0 rings (SSSR count). The van der Waals surface area contributed by atoms with E-state index in [1.165, 1.54) is 0 Å². The molecule has 0 aromatic carbocycles. The molecule has 0 aromatic rings. The van der Waals surface area contributed by atoms with Gasteiger partial charge in [-0.1, -0.05) is 0 Å². The quantitative estimate of drug-likeness (QED) is 0.528. The van der Waals surface area contributed by atoms with Gasteiger partial charge in [0.2, 0.25) is 10.0 Å². The van der Waals surface area contributed by atoms with Gasteiger partial charge in [0.1, 0.15) is 0 Å². The first-order chi connectivity index (χ1) is 6.73. The maximum absolute atomic E-state index is 11.5. The second-order valence-electron chi connectivity index (χ2n) is 3.00. The number of nitrogens with zero attached hydrogens (tertiary/aromatic N) is 1. The number of hydrogen-bond donors (Lipinski definition) is 2. The largest absolute Gasteiger partial charge is 0.395 e. The van der Waals surface area contributed by atoms with Crippen LogP contribution >= 0.6 is 0 Å². The Morgan fingerprint density at radius 3 is 1.67 bits per heavy atom. The average molecular weight is 261 g/mol. The minimum Gasteiger partial charge on any atom is -0.395 e. The summed E-state index contributed by atoms with van der Waals surface area (Å²) in [6.45, 7) is -1.30. The summed E-state index contributed by atoms with van der Waals surface area (Å²) in [6.07, 6.45) is 0.806. The Kier molecular flexibility index (Phi) is 5.67. The first-order valence-corrected chi connectivity index (χ1v) is 7.77. The molecule has 0 amide bonds. The fraction of sp³-hybridized carbons (Fsp3) is 1.00. The van der Waals surface area contributed by atoms with Crippen molar-refractivity contribution in [3.63, 3.8) is 0 Å². The lowest BCUT2D eigenvalue weighted by Gasteiger charge is -2.19. The molecule has 0 radical (unpaired) electrons. The second-order valence-corrected chi connectivity index (χ2v) is 7.48. The van der Waals surface area contributed by atoms with Crippen LogP contribution in [-0.2, 0) is 19.9 Å². The van der Waals surface area contributed by atoms with Gasteiger partial charge in [0, 0.05) is 19.3 Å². The van der Waals surface area contributed by atoms with E-state index in [-0.39, 0.29) is 13.1 Å². The molecule has 7 nitrogen and oxygen atoms in total. The van der Waals surface area contributed by atoms with Gasteiger partial charge in [-0.15, -0.1) is 0 Å². The van der Waals surface area contributed by atoms with Crippen molar-refractivity contribution in [2.45, 2.75) is 0 Å². The normalized spacial score (nSPS) is 13.3. The van der Waals surface area contributed by atoms with Crippen molar-refractivity contribution in [3.05, 3.63) is 0 Å². The third-order valence-electron chi connectivity index (χ3n) is 1.46. The van der Waals surface area contributed by atoms with E-state index >= 15 is 0 Å². The van der Waals surface area contributed by atoms with Crippen molar-refractivity contribution in [2.24, 2.45) is 0 Å². The van der Waals surface area contributed by atoms with Crippen molar-refractivity contribution in [1.29, 1.82) is 0 Å². The van der Waals surface area contributed by atoms with Gasteiger partial charge < -0.3 is 10.2 Å². The number of aliphatic hydroxyl groups is 2. The molecule has 0 saturated heterocycles. The van der Waals surface area contributed by atoms with Crippen molar-refractivity contribution in [3.8, 4) is 0 Å². The Hall–Kier alpha value is -0.220. The van der Waals surface area contributed by atoms with Gasteiger partial charge in [0.05, 0.1) is 13.2 Å². The summed E-state index contributed by atoms with van der Waals surface area (Å²) in [4.78, 5) is 0. The van der Waals surface area contributed by atoms with Crippen LogP contribution in [0.25, 0.3) is 0 Å². The molecule has 0 aromatic heterocycles. The van der Waals surface area contributed by atoms with Crippen LogP contribution < -0.4 is 0 Å². The molecule has 2 N–H and O–H groups in total. The van der Waals surface area contributed by atoms with Crippen LogP contribution in [-0.4, -0.2) is 69.0 Å². The Labute approximate surface area is 89.3 Å². The summed E-state index contributed by atoms with van der Waals surface area (Å²) in [6, 6.07) is 0. The summed E-state index contributed by atoms with van der Waals surface area (Å²) >= 11 is 0. The van der Waals surface area contributed by atoms with Gasteiger partial charge in [-0.2, -0.15) is 4.31 Å². The van der Waals surface area contributed by atoms with E-state index in [4.69, 9.17) is 10.2 Å². The zero-order valence-electron chi connectivity index (χ0n) is 8.33. The summed E-state index contributed by atoms with van der Waals surface area (Å²) < 4.78 is 45.3. The number of sulfone groups is 1. The Balaban J connectivity index is 4.79. The molecule has 15 heavy (non-hydrogen) atoms. The maximum atomic E-state index is 11.5. The van der Waals surface area contributed by atoms with Crippen LogP contribution in [0.1, 0.15) is 0 Å². The zero-order valence-corrected chi connectivity index (χ0v) is 9.96. The lowest BCUT2D eigenvalue weighted by Crippen LogP contribution is -2.39. The van der Waals surface area contributed by atoms with Gasteiger partial charge in [-0.25, -0.2) is 16.8 Å². The summed E-state index contributed by atoms with van der Waals surface area (Å²) in [5, 5.41) is 16.2. The van der Waals surface area contributed by atoms with Gasteiger partial charge in [0.25, 0.3) is 0 Å². The van der Waals surface area contributed by atoms with Crippen molar-refractivity contribution < 1.29 is 27.0 Å². The van der Waals surface area contributed by atoms with E-state index in [9.17, 15) is 16.8 Å². The van der Waals surface area contributed by atoms with Crippen LogP contribution in [0.2, 0.25) is 0 Å². The molecular weight excluding hydrogens is 246 g/mol. The van der Waals surface area contributed by atoms with E-state index in [2.05, 4.69) is 0 Å². The lowest BCUT2D eigenvalue weighted by molar-refractivity contribution is 0.218. The molecule has 0 unspecified atom stereocenters. The molecular formula is C6H15NO6S2. The maximum Gasteiger partial charge on any atom is 0.228 e. The summed E-state index contributed by atoms with van der Waals surface area (Å²) in [5.41, 5.74) is 0. The first kappa shape index (κ1) is 14.8. The molecule has 0 aliphatic heterocycles. The smallest absolute Gasteiger partial charge is 0.228 e. The van der Waals surface area contributed by atoms with E-state index < -0.39 is 38.2 Å². The van der Waals surface area contributed by atoms with Crippen molar-refractivity contribution in [2.75, 3.05) is 37.6 Å².